The van der Waals surface area contributed by atoms with E-state index in [4.69, 9.17) is 4.74 Å². The molecule has 0 radical (unpaired) electrons. The topological polar surface area (TPSA) is 54.2 Å². The summed E-state index contributed by atoms with van der Waals surface area (Å²) in [5.41, 5.74) is 1.03. The Hall–Kier alpha value is -1.40. The van der Waals surface area contributed by atoms with Gasteiger partial charge in [0, 0.05) is 10.5 Å². The molecule has 4 nitrogen and oxygen atoms in total. The normalized spacial score (nSPS) is 10.9. The molecule has 0 aliphatic carbocycles. The molecule has 0 aliphatic heterocycles. The molecule has 0 spiro atoms. The summed E-state index contributed by atoms with van der Waals surface area (Å²) in [5, 5.41) is 18.0. The Morgan fingerprint density at radius 3 is 2.63 bits per heavy atom. The van der Waals surface area contributed by atoms with E-state index in [0.717, 1.165) is 4.47 Å². The molecule has 0 bridgehead atoms. The third-order valence-corrected chi connectivity index (χ3v) is 3.40. The van der Waals surface area contributed by atoms with E-state index in [1.165, 1.54) is 0 Å². The van der Waals surface area contributed by atoms with E-state index >= 15 is 0 Å². The van der Waals surface area contributed by atoms with E-state index in [2.05, 4.69) is 42.1 Å². The summed E-state index contributed by atoms with van der Waals surface area (Å²) in [6, 6.07) is 10.6. The summed E-state index contributed by atoms with van der Waals surface area (Å²) < 4.78 is 6.46. The number of phenols is 1. The van der Waals surface area contributed by atoms with E-state index in [9.17, 15) is 5.11 Å². The van der Waals surface area contributed by atoms with Gasteiger partial charge in [0.2, 0.25) is 0 Å². The lowest BCUT2D eigenvalue weighted by molar-refractivity contribution is 0.415. The van der Waals surface area contributed by atoms with Gasteiger partial charge in [0.15, 0.2) is 5.75 Å². The molecule has 2 rings (SSSR count). The van der Waals surface area contributed by atoms with E-state index in [0.29, 0.717) is 21.6 Å². The maximum Gasteiger partial charge on any atom is 0.157 e. The van der Waals surface area contributed by atoms with Crippen molar-refractivity contribution < 1.29 is 9.84 Å². The molecule has 19 heavy (non-hydrogen) atoms. The minimum absolute atomic E-state index is 0.0508. The molecular formula is C13H10Br2N2O2. The molecule has 2 aromatic carbocycles. The molecule has 0 fully saturated rings. The number of halogens is 2. The Labute approximate surface area is 127 Å². The molecule has 0 saturated heterocycles. The lowest BCUT2D eigenvalue weighted by Gasteiger charge is -2.02. The molecule has 0 atom stereocenters. The van der Waals surface area contributed by atoms with E-state index in [-0.39, 0.29) is 5.75 Å². The third-order valence-electron chi connectivity index (χ3n) is 2.33. The predicted molar refractivity (Wildman–Crippen MR) is 80.7 cm³/mol. The summed E-state index contributed by atoms with van der Waals surface area (Å²) in [7, 11) is 1.59. The summed E-state index contributed by atoms with van der Waals surface area (Å²) in [6.45, 7) is 0. The third kappa shape index (κ3) is 3.54. The highest BCUT2D eigenvalue weighted by Crippen LogP contribution is 2.38. The summed E-state index contributed by atoms with van der Waals surface area (Å²) >= 11 is 6.58. The first-order chi connectivity index (χ1) is 9.10. The van der Waals surface area contributed by atoms with Crippen molar-refractivity contribution in [1.29, 1.82) is 0 Å². The second kappa shape index (κ2) is 6.16. The predicted octanol–water partition coefficient (Wildman–Crippen LogP) is 5.34. The molecule has 1 N–H and O–H groups in total. The van der Waals surface area contributed by atoms with E-state index in [1.54, 1.807) is 31.4 Å². The van der Waals surface area contributed by atoms with Crippen LogP contribution in [0.5, 0.6) is 11.5 Å². The number of nitrogens with zero attached hydrogens (tertiary/aromatic N) is 2. The molecule has 0 aromatic heterocycles. The van der Waals surface area contributed by atoms with Crippen molar-refractivity contribution in [2.75, 3.05) is 7.11 Å². The number of azo groups is 1. The number of hydrogen-bond acceptors (Lipinski definition) is 4. The second-order valence-electron chi connectivity index (χ2n) is 3.66. The van der Waals surface area contributed by atoms with Crippen LogP contribution in [0.3, 0.4) is 0 Å². The summed E-state index contributed by atoms with van der Waals surface area (Å²) in [6.07, 6.45) is 0. The Morgan fingerprint density at radius 2 is 1.89 bits per heavy atom. The number of hydrogen-bond donors (Lipinski definition) is 1. The van der Waals surface area contributed by atoms with Crippen LogP contribution < -0.4 is 4.74 Å². The number of ether oxygens (including phenoxy) is 1. The van der Waals surface area contributed by atoms with Crippen molar-refractivity contribution in [2.45, 2.75) is 0 Å². The number of methoxy groups -OCH3 is 1. The maximum absolute atomic E-state index is 9.85. The SMILES string of the molecule is COc1cccc(N=Nc2cc(Br)cc(Br)c2O)c1. The maximum atomic E-state index is 9.85. The van der Waals surface area contributed by atoms with Gasteiger partial charge in [0.1, 0.15) is 11.4 Å². The highest BCUT2D eigenvalue weighted by molar-refractivity contribution is 9.11. The number of phenolic OH excluding ortho intramolecular Hbond substituents is 1. The summed E-state index contributed by atoms with van der Waals surface area (Å²) in [5.74, 6) is 0.756. The molecule has 98 valence electrons. The van der Waals surface area contributed by atoms with Crippen LogP contribution in [0.4, 0.5) is 11.4 Å². The Morgan fingerprint density at radius 1 is 1.11 bits per heavy atom. The molecular weight excluding hydrogens is 376 g/mol. The van der Waals surface area contributed by atoms with Crippen molar-refractivity contribution in [3.05, 3.63) is 45.3 Å². The van der Waals surface area contributed by atoms with Gasteiger partial charge in [-0.1, -0.05) is 22.0 Å². The first-order valence-electron chi connectivity index (χ1n) is 5.34. The minimum atomic E-state index is 0.0508. The first kappa shape index (κ1) is 14.0. The highest BCUT2D eigenvalue weighted by Gasteiger charge is 2.06. The Balaban J connectivity index is 2.32. The van der Waals surface area contributed by atoms with Crippen LogP contribution in [-0.4, -0.2) is 12.2 Å². The van der Waals surface area contributed by atoms with Crippen LogP contribution in [0.1, 0.15) is 0 Å². The van der Waals surface area contributed by atoms with Gasteiger partial charge in [-0.15, -0.1) is 5.11 Å². The molecule has 0 saturated carbocycles. The lowest BCUT2D eigenvalue weighted by atomic mass is 10.3. The number of aromatic hydroxyl groups is 1. The fraction of sp³-hybridized carbons (Fsp3) is 0.0769. The van der Waals surface area contributed by atoms with Crippen LogP contribution in [0.15, 0.2) is 55.6 Å². The average Bonchev–Trinajstić information content (AvgIpc) is 2.41. The average molecular weight is 386 g/mol. The van der Waals surface area contributed by atoms with Gasteiger partial charge in [-0.2, -0.15) is 5.11 Å². The molecule has 0 aliphatic rings. The van der Waals surface area contributed by atoms with Crippen molar-refractivity contribution in [3.63, 3.8) is 0 Å². The van der Waals surface area contributed by atoms with Gasteiger partial charge in [-0.05, 0) is 40.2 Å². The zero-order valence-corrected chi connectivity index (χ0v) is 13.1. The van der Waals surface area contributed by atoms with Crippen molar-refractivity contribution in [1.82, 2.24) is 0 Å². The molecule has 0 unspecified atom stereocenters. The minimum Gasteiger partial charge on any atom is -0.505 e. The van der Waals surface area contributed by atoms with Gasteiger partial charge in [0.05, 0.1) is 17.3 Å². The van der Waals surface area contributed by atoms with Crippen LogP contribution >= 0.6 is 31.9 Å². The zero-order valence-electron chi connectivity index (χ0n) is 9.97. The monoisotopic (exact) mass is 384 g/mol. The highest BCUT2D eigenvalue weighted by atomic mass is 79.9. The molecule has 0 heterocycles. The smallest absolute Gasteiger partial charge is 0.157 e. The van der Waals surface area contributed by atoms with Crippen LogP contribution in [0, 0.1) is 0 Å². The quantitative estimate of drug-likeness (QED) is 0.724. The zero-order chi connectivity index (χ0) is 13.8. The second-order valence-corrected chi connectivity index (χ2v) is 5.43. The fourth-order valence-corrected chi connectivity index (χ4v) is 2.62. The van der Waals surface area contributed by atoms with Crippen molar-refractivity contribution in [2.24, 2.45) is 10.2 Å². The fourth-order valence-electron chi connectivity index (χ4n) is 1.41. The van der Waals surface area contributed by atoms with Gasteiger partial charge in [-0.3, -0.25) is 0 Å². The largest absolute Gasteiger partial charge is 0.505 e. The van der Waals surface area contributed by atoms with Gasteiger partial charge >= 0.3 is 0 Å². The molecule has 6 heteroatoms. The standard InChI is InChI=1S/C13H10Br2N2O2/c1-19-10-4-2-3-9(7-10)16-17-12-6-8(14)5-11(15)13(12)18/h2-7,18H,1H3. The van der Waals surface area contributed by atoms with Gasteiger partial charge in [-0.25, -0.2) is 0 Å². The van der Waals surface area contributed by atoms with Crippen LogP contribution in [0.25, 0.3) is 0 Å². The Bertz CT molecular complexity index is 630. The van der Waals surface area contributed by atoms with Crippen LogP contribution in [0.2, 0.25) is 0 Å². The summed E-state index contributed by atoms with van der Waals surface area (Å²) in [4.78, 5) is 0. The number of benzene rings is 2. The van der Waals surface area contributed by atoms with Crippen molar-refractivity contribution >= 4 is 43.2 Å². The van der Waals surface area contributed by atoms with E-state index < -0.39 is 0 Å². The molecule has 0 amide bonds. The van der Waals surface area contributed by atoms with E-state index in [1.807, 2.05) is 12.1 Å². The lowest BCUT2D eigenvalue weighted by Crippen LogP contribution is -1.80. The van der Waals surface area contributed by atoms with Gasteiger partial charge in [0.25, 0.3) is 0 Å². The van der Waals surface area contributed by atoms with Gasteiger partial charge < -0.3 is 9.84 Å². The Kier molecular flexibility index (Phi) is 4.55. The first-order valence-corrected chi connectivity index (χ1v) is 6.92. The number of rotatable bonds is 3. The van der Waals surface area contributed by atoms with Crippen molar-refractivity contribution in [3.8, 4) is 11.5 Å². The van der Waals surface area contributed by atoms with Crippen LogP contribution in [-0.2, 0) is 0 Å². The molecule has 2 aromatic rings.